The summed E-state index contributed by atoms with van der Waals surface area (Å²) in [6.45, 7) is 3.82. The summed E-state index contributed by atoms with van der Waals surface area (Å²) in [7, 11) is 1.54. The molecule has 2 fully saturated rings. The number of β-amino-alcohol motifs (C(OH)–C–C–N with tert-alkyl or cyclic N) is 1. The van der Waals surface area contributed by atoms with Crippen molar-refractivity contribution in [2.45, 2.75) is 50.8 Å². The largest absolute Gasteiger partial charge is 0.491 e. The number of methoxy groups -OCH3 is 1. The number of aromatic nitrogens is 2. The average Bonchev–Trinajstić information content (AvgIpc) is 3.56. The standard InChI is InChI=1S/C29H34FN5O4/c1-19-24(9-6-15-34(19)29(38)33-16-14-23(36)18-33)25-26(39-2)27(31-17-20-10-12-22(30)13-11-20)35(32-25)28(37)21-7-4-3-5-8-21/h3-5,7-8,10-13,19,23-24,31,36H,6,9,14-18H2,1-2H3. The van der Waals surface area contributed by atoms with Crippen molar-refractivity contribution in [2.75, 3.05) is 32.1 Å². The minimum Gasteiger partial charge on any atom is -0.491 e. The minimum absolute atomic E-state index is 0.0860. The number of piperidine rings is 1. The summed E-state index contributed by atoms with van der Waals surface area (Å²) in [5.41, 5.74) is 1.91. The number of aliphatic hydroxyl groups is 1. The van der Waals surface area contributed by atoms with Gasteiger partial charge in [0.05, 0.1) is 13.2 Å². The number of hydrogen-bond acceptors (Lipinski definition) is 6. The lowest BCUT2D eigenvalue weighted by Crippen LogP contribution is -2.51. The van der Waals surface area contributed by atoms with Crippen molar-refractivity contribution in [2.24, 2.45) is 0 Å². The number of nitrogens with one attached hydrogen (secondary N) is 1. The van der Waals surface area contributed by atoms with Crippen LogP contribution in [0.5, 0.6) is 5.75 Å². The molecule has 9 nitrogen and oxygen atoms in total. The van der Waals surface area contributed by atoms with Crippen LogP contribution in [0.15, 0.2) is 54.6 Å². The lowest BCUT2D eigenvalue weighted by molar-refractivity contribution is 0.0942. The predicted octanol–water partition coefficient (Wildman–Crippen LogP) is 4.09. The van der Waals surface area contributed by atoms with Gasteiger partial charge in [-0.25, -0.2) is 9.18 Å². The van der Waals surface area contributed by atoms with Crippen LogP contribution in [0.3, 0.4) is 0 Å². The quantitative estimate of drug-likeness (QED) is 0.493. The molecule has 2 saturated heterocycles. The summed E-state index contributed by atoms with van der Waals surface area (Å²) in [6.07, 6.45) is 1.65. The van der Waals surface area contributed by atoms with E-state index in [9.17, 15) is 19.1 Å². The van der Waals surface area contributed by atoms with Gasteiger partial charge >= 0.3 is 6.03 Å². The maximum Gasteiger partial charge on any atom is 0.320 e. The molecule has 2 aliphatic rings. The Hall–Kier alpha value is -3.92. The van der Waals surface area contributed by atoms with Crippen molar-refractivity contribution >= 4 is 17.8 Å². The molecule has 2 amide bonds. The second-order valence-electron chi connectivity index (χ2n) is 10.2. The molecule has 1 aromatic heterocycles. The van der Waals surface area contributed by atoms with Gasteiger partial charge < -0.3 is 25.0 Å². The van der Waals surface area contributed by atoms with Crippen molar-refractivity contribution in [1.82, 2.24) is 19.6 Å². The van der Waals surface area contributed by atoms with Crippen molar-refractivity contribution in [3.05, 3.63) is 77.2 Å². The van der Waals surface area contributed by atoms with Gasteiger partial charge in [0.1, 0.15) is 11.5 Å². The van der Waals surface area contributed by atoms with Crippen molar-refractivity contribution < 1.29 is 23.8 Å². The number of ether oxygens (including phenoxy) is 1. The Morgan fingerprint density at radius 2 is 1.85 bits per heavy atom. The van der Waals surface area contributed by atoms with Crippen LogP contribution >= 0.6 is 0 Å². The Bertz CT molecular complexity index is 1310. The van der Waals surface area contributed by atoms with Gasteiger partial charge in [0, 0.05) is 43.7 Å². The van der Waals surface area contributed by atoms with Crippen LogP contribution in [-0.4, -0.2) is 75.5 Å². The highest BCUT2D eigenvalue weighted by atomic mass is 19.1. The minimum atomic E-state index is -0.487. The zero-order chi connectivity index (χ0) is 27.5. The number of halogens is 1. The number of likely N-dealkylation sites (tertiary alicyclic amines) is 2. The van der Waals surface area contributed by atoms with Crippen LogP contribution in [0.2, 0.25) is 0 Å². The van der Waals surface area contributed by atoms with E-state index < -0.39 is 6.10 Å². The third-order valence-electron chi connectivity index (χ3n) is 7.68. The van der Waals surface area contributed by atoms with Gasteiger partial charge in [-0.1, -0.05) is 30.3 Å². The second kappa shape index (κ2) is 11.4. The molecule has 0 bridgehead atoms. The molecule has 2 N–H and O–H groups in total. The van der Waals surface area contributed by atoms with E-state index in [4.69, 9.17) is 9.84 Å². The van der Waals surface area contributed by atoms with E-state index in [1.54, 1.807) is 48.4 Å². The maximum absolute atomic E-state index is 13.6. The molecule has 206 valence electrons. The van der Waals surface area contributed by atoms with Crippen LogP contribution in [0.4, 0.5) is 15.0 Å². The Kier molecular flexibility index (Phi) is 7.83. The van der Waals surface area contributed by atoms with Crippen LogP contribution in [-0.2, 0) is 6.54 Å². The first-order valence-corrected chi connectivity index (χ1v) is 13.4. The van der Waals surface area contributed by atoms with Crippen molar-refractivity contribution in [3.8, 4) is 5.75 Å². The molecular weight excluding hydrogens is 501 g/mol. The summed E-state index contributed by atoms with van der Waals surface area (Å²) < 4.78 is 20.6. The molecule has 3 heterocycles. The maximum atomic E-state index is 13.6. The highest BCUT2D eigenvalue weighted by Crippen LogP contribution is 2.41. The van der Waals surface area contributed by atoms with Crippen LogP contribution in [0.25, 0.3) is 0 Å². The Morgan fingerprint density at radius 1 is 1.10 bits per heavy atom. The number of nitrogens with zero attached hydrogens (tertiary/aromatic N) is 4. The molecule has 0 spiro atoms. The van der Waals surface area contributed by atoms with E-state index in [0.717, 1.165) is 18.4 Å². The second-order valence-corrected chi connectivity index (χ2v) is 10.2. The zero-order valence-electron chi connectivity index (χ0n) is 22.2. The first-order valence-electron chi connectivity index (χ1n) is 13.4. The summed E-state index contributed by atoms with van der Waals surface area (Å²) >= 11 is 0. The molecular formula is C29H34FN5O4. The van der Waals surface area contributed by atoms with E-state index in [1.165, 1.54) is 16.8 Å². The van der Waals surface area contributed by atoms with E-state index >= 15 is 0 Å². The summed E-state index contributed by atoms with van der Waals surface area (Å²) in [4.78, 5) is 30.5. The number of rotatable bonds is 6. The van der Waals surface area contributed by atoms with Crippen LogP contribution in [0.1, 0.15) is 53.7 Å². The molecule has 10 heteroatoms. The normalized spacial score (nSPS) is 21.2. The zero-order valence-corrected chi connectivity index (χ0v) is 22.2. The number of anilines is 1. The fraction of sp³-hybridized carbons (Fsp3) is 0.414. The van der Waals surface area contributed by atoms with E-state index in [0.29, 0.717) is 55.4 Å². The number of carbonyl (C=O) groups is 2. The topological polar surface area (TPSA) is 99.9 Å². The summed E-state index contributed by atoms with van der Waals surface area (Å²) in [5.74, 6) is 0.0513. The van der Waals surface area contributed by atoms with Crippen LogP contribution < -0.4 is 10.1 Å². The predicted molar refractivity (Wildman–Crippen MR) is 144 cm³/mol. The molecule has 0 radical (unpaired) electrons. The van der Waals surface area contributed by atoms with Gasteiger partial charge in [-0.3, -0.25) is 4.79 Å². The first kappa shape index (κ1) is 26.7. The number of amides is 2. The van der Waals surface area contributed by atoms with Gasteiger partial charge in [-0.15, -0.1) is 0 Å². The molecule has 3 atom stereocenters. The molecule has 2 aliphatic heterocycles. The lowest BCUT2D eigenvalue weighted by Gasteiger charge is -2.40. The lowest BCUT2D eigenvalue weighted by atomic mass is 9.87. The summed E-state index contributed by atoms with van der Waals surface area (Å²) in [5, 5.41) is 18.0. The smallest absolute Gasteiger partial charge is 0.320 e. The Morgan fingerprint density at radius 3 is 2.51 bits per heavy atom. The van der Waals surface area contributed by atoms with Gasteiger partial charge in [-0.05, 0) is 56.0 Å². The Labute approximate surface area is 227 Å². The van der Waals surface area contributed by atoms with Gasteiger partial charge in [0.25, 0.3) is 5.91 Å². The third-order valence-corrected chi connectivity index (χ3v) is 7.68. The molecule has 3 aromatic rings. The van der Waals surface area contributed by atoms with Crippen molar-refractivity contribution in [3.63, 3.8) is 0 Å². The fourth-order valence-electron chi connectivity index (χ4n) is 5.53. The number of urea groups is 1. The number of carbonyl (C=O) groups excluding carboxylic acids is 2. The monoisotopic (exact) mass is 535 g/mol. The molecule has 39 heavy (non-hydrogen) atoms. The number of benzene rings is 2. The first-order chi connectivity index (χ1) is 18.9. The fourth-order valence-corrected chi connectivity index (χ4v) is 5.53. The summed E-state index contributed by atoms with van der Waals surface area (Å²) in [6, 6.07) is 14.7. The van der Waals surface area contributed by atoms with E-state index in [2.05, 4.69) is 5.32 Å². The van der Waals surface area contributed by atoms with Crippen molar-refractivity contribution in [1.29, 1.82) is 0 Å². The molecule has 2 aromatic carbocycles. The molecule has 5 rings (SSSR count). The van der Waals surface area contributed by atoms with Gasteiger partial charge in [0.2, 0.25) is 0 Å². The highest BCUT2D eigenvalue weighted by Gasteiger charge is 2.39. The third kappa shape index (κ3) is 5.47. The Balaban J connectivity index is 1.49. The molecule has 0 aliphatic carbocycles. The van der Waals surface area contributed by atoms with Gasteiger partial charge in [-0.2, -0.15) is 9.78 Å². The van der Waals surface area contributed by atoms with E-state index in [1.807, 2.05) is 17.9 Å². The van der Waals surface area contributed by atoms with Crippen LogP contribution in [0, 0.1) is 5.82 Å². The SMILES string of the molecule is COc1c(C2CCCN(C(=O)N3CCC(O)C3)C2C)nn(C(=O)c2ccccc2)c1NCc1ccc(F)cc1. The number of aliphatic hydroxyl groups excluding tert-OH is 1. The molecule has 0 saturated carbocycles. The van der Waals surface area contributed by atoms with Gasteiger partial charge in [0.15, 0.2) is 11.6 Å². The average molecular weight is 536 g/mol. The molecule has 3 unspecified atom stereocenters. The highest BCUT2D eigenvalue weighted by molar-refractivity contribution is 5.98. The van der Waals surface area contributed by atoms with E-state index in [-0.39, 0.29) is 29.7 Å². The number of hydrogen-bond donors (Lipinski definition) is 2.